The summed E-state index contributed by atoms with van der Waals surface area (Å²) in [5.74, 6) is -6.91. The minimum Gasteiger partial charge on any atom is -0.309 e. The number of nitriles is 1. The summed E-state index contributed by atoms with van der Waals surface area (Å²) in [5, 5.41) is 9.55. The Morgan fingerprint density at radius 1 is 1.12 bits per heavy atom. The Hall–Kier alpha value is -1.04. The minimum absolute atomic E-state index is 0.838. The molecule has 0 saturated heterocycles. The van der Waals surface area contributed by atoms with Gasteiger partial charge in [0.1, 0.15) is 0 Å². The standard InChI is InChI=1S/C7H7F7N2/c8-5(9)6(10,11)3-16-2-4(1-15)7(12,13)14/h4-5,16H,2-3H2. The van der Waals surface area contributed by atoms with Crippen LogP contribution in [0.15, 0.2) is 0 Å². The lowest BCUT2D eigenvalue weighted by molar-refractivity contribution is -0.160. The molecule has 0 heterocycles. The molecule has 0 aliphatic rings. The zero-order chi connectivity index (χ0) is 13.0. The fourth-order valence-corrected chi connectivity index (χ4v) is 0.695. The minimum atomic E-state index is -4.87. The Bertz CT molecular complexity index is 254. The Morgan fingerprint density at radius 2 is 1.62 bits per heavy atom. The van der Waals surface area contributed by atoms with Gasteiger partial charge in [-0.1, -0.05) is 0 Å². The van der Waals surface area contributed by atoms with Crippen molar-refractivity contribution in [3.05, 3.63) is 0 Å². The highest BCUT2D eigenvalue weighted by molar-refractivity contribution is 4.90. The molecule has 0 bridgehead atoms. The fourth-order valence-electron chi connectivity index (χ4n) is 0.695. The van der Waals surface area contributed by atoms with E-state index in [4.69, 9.17) is 5.26 Å². The molecule has 1 N–H and O–H groups in total. The number of hydrogen-bond donors (Lipinski definition) is 1. The molecule has 0 amide bonds. The van der Waals surface area contributed by atoms with Crippen molar-refractivity contribution in [1.82, 2.24) is 5.32 Å². The van der Waals surface area contributed by atoms with Crippen LogP contribution in [0.25, 0.3) is 0 Å². The van der Waals surface area contributed by atoms with Gasteiger partial charge in [0.15, 0.2) is 5.92 Å². The molecule has 0 spiro atoms. The van der Waals surface area contributed by atoms with Crippen LogP contribution < -0.4 is 5.32 Å². The first-order valence-electron chi connectivity index (χ1n) is 3.94. The van der Waals surface area contributed by atoms with Gasteiger partial charge in [-0.05, 0) is 0 Å². The molecule has 1 atom stereocenters. The second-order valence-corrected chi connectivity index (χ2v) is 2.92. The summed E-state index contributed by atoms with van der Waals surface area (Å²) in [6.07, 6.45) is -8.84. The molecule has 16 heavy (non-hydrogen) atoms. The van der Waals surface area contributed by atoms with E-state index >= 15 is 0 Å². The van der Waals surface area contributed by atoms with E-state index in [1.165, 1.54) is 5.32 Å². The molecule has 0 aliphatic heterocycles. The van der Waals surface area contributed by atoms with Crippen LogP contribution in [0, 0.1) is 17.2 Å². The Balaban J connectivity index is 4.13. The van der Waals surface area contributed by atoms with Gasteiger partial charge in [0.2, 0.25) is 0 Å². The summed E-state index contributed by atoms with van der Waals surface area (Å²) < 4.78 is 83.3. The Morgan fingerprint density at radius 3 is 1.94 bits per heavy atom. The molecule has 0 aromatic carbocycles. The van der Waals surface area contributed by atoms with Gasteiger partial charge in [0, 0.05) is 6.54 Å². The highest BCUT2D eigenvalue weighted by atomic mass is 19.4. The zero-order valence-electron chi connectivity index (χ0n) is 7.66. The number of hydrogen-bond acceptors (Lipinski definition) is 2. The average Bonchev–Trinajstić information content (AvgIpc) is 2.10. The zero-order valence-corrected chi connectivity index (χ0v) is 7.66. The molecule has 9 heteroatoms. The maximum absolute atomic E-state index is 12.2. The molecule has 0 aliphatic carbocycles. The van der Waals surface area contributed by atoms with Gasteiger partial charge in [-0.2, -0.15) is 27.2 Å². The van der Waals surface area contributed by atoms with Gasteiger partial charge in [-0.15, -0.1) is 0 Å². The summed E-state index contributed by atoms with van der Waals surface area (Å²) in [4.78, 5) is 0. The van der Waals surface area contributed by atoms with Crippen molar-refractivity contribution in [3.8, 4) is 6.07 Å². The van der Waals surface area contributed by atoms with Gasteiger partial charge in [0.25, 0.3) is 0 Å². The first-order valence-corrected chi connectivity index (χ1v) is 3.94. The van der Waals surface area contributed by atoms with Crippen molar-refractivity contribution < 1.29 is 30.7 Å². The molecule has 0 aromatic rings. The van der Waals surface area contributed by atoms with E-state index in [1.54, 1.807) is 0 Å². The summed E-state index contributed by atoms with van der Waals surface area (Å²) in [6.45, 7) is -2.76. The van der Waals surface area contributed by atoms with Gasteiger partial charge in [0.05, 0.1) is 12.6 Å². The SMILES string of the molecule is N#CC(CNCC(F)(F)C(F)F)C(F)(F)F. The largest absolute Gasteiger partial charge is 0.405 e. The van der Waals surface area contributed by atoms with Crippen LogP contribution >= 0.6 is 0 Å². The van der Waals surface area contributed by atoms with Crippen LogP contribution in [0.2, 0.25) is 0 Å². The highest BCUT2D eigenvalue weighted by Gasteiger charge is 2.43. The number of nitrogens with one attached hydrogen (secondary N) is 1. The van der Waals surface area contributed by atoms with Crippen LogP contribution in [-0.4, -0.2) is 31.6 Å². The monoisotopic (exact) mass is 252 g/mol. The van der Waals surface area contributed by atoms with E-state index in [2.05, 4.69) is 0 Å². The average molecular weight is 252 g/mol. The van der Waals surface area contributed by atoms with Crippen LogP contribution in [-0.2, 0) is 0 Å². The molecule has 1 unspecified atom stereocenters. The van der Waals surface area contributed by atoms with Gasteiger partial charge < -0.3 is 5.32 Å². The Kier molecular flexibility index (Phi) is 4.99. The molecule has 0 radical (unpaired) electrons. The lowest BCUT2D eigenvalue weighted by Gasteiger charge is -2.18. The third kappa shape index (κ3) is 4.65. The van der Waals surface area contributed by atoms with Crippen LogP contribution in [0.1, 0.15) is 0 Å². The number of nitrogens with zero attached hydrogens (tertiary/aromatic N) is 1. The number of alkyl halides is 7. The van der Waals surface area contributed by atoms with Crippen molar-refractivity contribution in [2.75, 3.05) is 13.1 Å². The van der Waals surface area contributed by atoms with Gasteiger partial charge in [-0.25, -0.2) is 8.78 Å². The van der Waals surface area contributed by atoms with Crippen LogP contribution in [0.4, 0.5) is 30.7 Å². The molecule has 0 rings (SSSR count). The van der Waals surface area contributed by atoms with E-state index in [0.717, 1.165) is 6.07 Å². The molecular formula is C7H7F7N2. The molecule has 94 valence electrons. The Labute approximate surface area is 86.0 Å². The van der Waals surface area contributed by atoms with E-state index < -0.39 is 37.5 Å². The molecular weight excluding hydrogens is 245 g/mol. The molecule has 0 fully saturated rings. The number of rotatable bonds is 5. The fraction of sp³-hybridized carbons (Fsp3) is 0.857. The van der Waals surface area contributed by atoms with Gasteiger partial charge >= 0.3 is 18.5 Å². The third-order valence-electron chi connectivity index (χ3n) is 1.58. The van der Waals surface area contributed by atoms with Crippen molar-refractivity contribution in [3.63, 3.8) is 0 Å². The summed E-state index contributed by atoms with van der Waals surface area (Å²) in [7, 11) is 0. The lowest BCUT2D eigenvalue weighted by atomic mass is 10.1. The van der Waals surface area contributed by atoms with Crippen molar-refractivity contribution >= 4 is 0 Å². The molecule has 2 nitrogen and oxygen atoms in total. The normalized spacial score (nSPS) is 14.9. The molecule has 0 saturated carbocycles. The van der Waals surface area contributed by atoms with E-state index in [9.17, 15) is 30.7 Å². The topological polar surface area (TPSA) is 35.8 Å². The number of halogens is 7. The quantitative estimate of drug-likeness (QED) is 0.761. The predicted octanol–water partition coefficient (Wildman–Crippen LogP) is 2.18. The lowest BCUT2D eigenvalue weighted by Crippen LogP contribution is -2.42. The maximum atomic E-state index is 12.2. The molecule has 0 aromatic heterocycles. The van der Waals surface area contributed by atoms with E-state index in [0.29, 0.717) is 0 Å². The van der Waals surface area contributed by atoms with Crippen LogP contribution in [0.5, 0.6) is 0 Å². The van der Waals surface area contributed by atoms with Crippen molar-refractivity contribution in [1.29, 1.82) is 5.26 Å². The van der Waals surface area contributed by atoms with Crippen molar-refractivity contribution in [2.45, 2.75) is 18.5 Å². The summed E-state index contributed by atoms with van der Waals surface area (Å²) >= 11 is 0. The second kappa shape index (κ2) is 5.34. The smallest absolute Gasteiger partial charge is 0.309 e. The van der Waals surface area contributed by atoms with Crippen molar-refractivity contribution in [2.24, 2.45) is 5.92 Å². The third-order valence-corrected chi connectivity index (χ3v) is 1.58. The maximum Gasteiger partial charge on any atom is 0.405 e. The van der Waals surface area contributed by atoms with E-state index in [-0.39, 0.29) is 0 Å². The van der Waals surface area contributed by atoms with Gasteiger partial charge in [-0.3, -0.25) is 0 Å². The summed E-state index contributed by atoms with van der Waals surface area (Å²) in [6, 6.07) is 0.838. The first kappa shape index (κ1) is 15.0. The highest BCUT2D eigenvalue weighted by Crippen LogP contribution is 2.26. The first-order chi connectivity index (χ1) is 7.11. The predicted molar refractivity (Wildman–Crippen MR) is 39.0 cm³/mol. The second-order valence-electron chi connectivity index (χ2n) is 2.92. The van der Waals surface area contributed by atoms with Crippen LogP contribution in [0.3, 0.4) is 0 Å². The summed E-state index contributed by atoms with van der Waals surface area (Å²) in [5.41, 5.74) is 0. The van der Waals surface area contributed by atoms with E-state index in [1.807, 2.05) is 0 Å².